The van der Waals surface area contributed by atoms with Gasteiger partial charge in [-0.05, 0) is 43.6 Å². The third kappa shape index (κ3) is 4.54. The maximum atomic E-state index is 12.8. The Kier molecular flexibility index (Phi) is 7.06. The number of oxazole rings is 1. The van der Waals surface area contributed by atoms with Crippen LogP contribution in [0.5, 0.6) is 5.75 Å². The Hall–Kier alpha value is -2.38. The van der Waals surface area contributed by atoms with E-state index in [1.165, 1.54) is 6.39 Å². The van der Waals surface area contributed by atoms with E-state index in [0.717, 1.165) is 37.2 Å². The van der Waals surface area contributed by atoms with Crippen LogP contribution in [-0.4, -0.2) is 49.1 Å². The molecule has 1 aromatic carbocycles. The molecule has 2 aromatic rings. The molecule has 1 aliphatic heterocycles. The van der Waals surface area contributed by atoms with Gasteiger partial charge < -0.3 is 19.2 Å². The molecule has 7 heteroatoms. The summed E-state index contributed by atoms with van der Waals surface area (Å²) < 4.78 is 16.5. The highest BCUT2D eigenvalue weighted by atomic mass is 16.5. The van der Waals surface area contributed by atoms with Gasteiger partial charge in [0.05, 0.1) is 13.2 Å². The molecular weight excluding hydrogens is 358 g/mol. The van der Waals surface area contributed by atoms with Crippen molar-refractivity contribution in [2.45, 2.75) is 38.8 Å². The highest BCUT2D eigenvalue weighted by Gasteiger charge is 2.28. The van der Waals surface area contributed by atoms with E-state index < -0.39 is 0 Å². The van der Waals surface area contributed by atoms with Gasteiger partial charge >= 0.3 is 0 Å². The SMILES string of the molecule is CCN(CC)C(CNC(=O)c1ncoc1C1CCCO1)c1cccc(OC)c1. The van der Waals surface area contributed by atoms with Gasteiger partial charge in [0.25, 0.3) is 5.91 Å². The van der Waals surface area contributed by atoms with E-state index in [0.29, 0.717) is 24.6 Å². The summed E-state index contributed by atoms with van der Waals surface area (Å²) in [5.74, 6) is 1.09. The summed E-state index contributed by atoms with van der Waals surface area (Å²) in [6.45, 7) is 7.13. The van der Waals surface area contributed by atoms with Crippen molar-refractivity contribution in [2.24, 2.45) is 0 Å². The van der Waals surface area contributed by atoms with Gasteiger partial charge in [-0.2, -0.15) is 0 Å². The Morgan fingerprint density at radius 3 is 2.89 bits per heavy atom. The zero-order valence-electron chi connectivity index (χ0n) is 16.8. The molecule has 1 aromatic heterocycles. The molecule has 0 radical (unpaired) electrons. The minimum absolute atomic E-state index is 0.0344. The van der Waals surface area contributed by atoms with Crippen LogP contribution < -0.4 is 10.1 Å². The van der Waals surface area contributed by atoms with Gasteiger partial charge in [0.15, 0.2) is 17.8 Å². The molecule has 1 N–H and O–H groups in total. The number of ether oxygens (including phenoxy) is 2. The number of benzene rings is 1. The lowest BCUT2D eigenvalue weighted by molar-refractivity contribution is 0.0852. The molecule has 28 heavy (non-hydrogen) atoms. The molecule has 0 bridgehead atoms. The van der Waals surface area contributed by atoms with Crippen molar-refractivity contribution in [2.75, 3.05) is 33.4 Å². The van der Waals surface area contributed by atoms with Crippen LogP contribution in [0.4, 0.5) is 0 Å². The minimum Gasteiger partial charge on any atom is -0.497 e. The number of hydrogen-bond acceptors (Lipinski definition) is 6. The molecule has 152 valence electrons. The van der Waals surface area contributed by atoms with E-state index in [9.17, 15) is 4.79 Å². The van der Waals surface area contributed by atoms with Crippen molar-refractivity contribution in [3.8, 4) is 5.75 Å². The highest BCUT2D eigenvalue weighted by Crippen LogP contribution is 2.30. The number of nitrogens with zero attached hydrogens (tertiary/aromatic N) is 2. The van der Waals surface area contributed by atoms with Crippen LogP contribution in [0.25, 0.3) is 0 Å². The Labute approximate surface area is 166 Å². The van der Waals surface area contributed by atoms with Gasteiger partial charge in [-0.25, -0.2) is 4.98 Å². The van der Waals surface area contributed by atoms with Crippen molar-refractivity contribution < 1.29 is 18.7 Å². The number of likely N-dealkylation sites (N-methyl/N-ethyl adjacent to an activating group) is 1. The van der Waals surface area contributed by atoms with Crippen LogP contribution in [0.2, 0.25) is 0 Å². The van der Waals surface area contributed by atoms with E-state index in [2.05, 4.69) is 35.1 Å². The quantitative estimate of drug-likeness (QED) is 0.711. The zero-order chi connectivity index (χ0) is 19.9. The number of nitrogens with one attached hydrogen (secondary N) is 1. The number of rotatable bonds is 9. The fourth-order valence-corrected chi connectivity index (χ4v) is 3.68. The topological polar surface area (TPSA) is 76.8 Å². The molecule has 2 heterocycles. The molecule has 3 rings (SSSR count). The first-order valence-corrected chi connectivity index (χ1v) is 9.89. The fourth-order valence-electron chi connectivity index (χ4n) is 3.68. The van der Waals surface area contributed by atoms with E-state index in [1.807, 2.05) is 18.2 Å². The monoisotopic (exact) mass is 387 g/mol. The molecule has 7 nitrogen and oxygen atoms in total. The third-order valence-corrected chi connectivity index (χ3v) is 5.22. The van der Waals surface area contributed by atoms with Gasteiger partial charge in [-0.3, -0.25) is 9.69 Å². The average molecular weight is 387 g/mol. The van der Waals surface area contributed by atoms with Crippen LogP contribution in [0.1, 0.15) is 60.6 Å². The summed E-state index contributed by atoms with van der Waals surface area (Å²) in [6, 6.07) is 8.01. The number of hydrogen-bond donors (Lipinski definition) is 1. The number of carbonyl (C=O) groups excluding carboxylic acids is 1. The molecule has 2 unspecified atom stereocenters. The standard InChI is InChI=1S/C21H29N3O4/c1-4-24(5-2)17(15-8-6-9-16(12-15)26-3)13-22-21(25)19-20(28-14-23-19)18-10-7-11-27-18/h6,8-9,12,14,17-18H,4-5,7,10-11,13H2,1-3H3,(H,22,25). The Morgan fingerprint density at radius 2 is 2.21 bits per heavy atom. The number of carbonyl (C=O) groups is 1. The second kappa shape index (κ2) is 9.71. The van der Waals surface area contributed by atoms with E-state index in [4.69, 9.17) is 13.9 Å². The van der Waals surface area contributed by atoms with Crippen molar-refractivity contribution >= 4 is 5.91 Å². The maximum Gasteiger partial charge on any atom is 0.273 e. The summed E-state index contributed by atoms with van der Waals surface area (Å²) in [4.78, 5) is 19.2. The normalized spacial score (nSPS) is 17.6. The lowest BCUT2D eigenvalue weighted by Crippen LogP contribution is -2.38. The van der Waals surface area contributed by atoms with Crippen molar-refractivity contribution in [3.63, 3.8) is 0 Å². The molecule has 1 amide bonds. The van der Waals surface area contributed by atoms with Crippen LogP contribution in [0.15, 0.2) is 35.1 Å². The molecule has 1 aliphatic rings. The fraction of sp³-hybridized carbons (Fsp3) is 0.524. The second-order valence-electron chi connectivity index (χ2n) is 6.79. The van der Waals surface area contributed by atoms with Crippen LogP contribution in [0, 0.1) is 0 Å². The number of methoxy groups -OCH3 is 1. The van der Waals surface area contributed by atoms with E-state index >= 15 is 0 Å². The minimum atomic E-state index is -0.237. The third-order valence-electron chi connectivity index (χ3n) is 5.22. The highest BCUT2D eigenvalue weighted by molar-refractivity contribution is 5.93. The van der Waals surface area contributed by atoms with Crippen molar-refractivity contribution in [1.29, 1.82) is 0 Å². The van der Waals surface area contributed by atoms with Crippen LogP contribution in [-0.2, 0) is 4.74 Å². The van der Waals surface area contributed by atoms with Crippen LogP contribution >= 0.6 is 0 Å². The number of amides is 1. The molecule has 1 fully saturated rings. The molecular formula is C21H29N3O4. The Bertz CT molecular complexity index is 767. The Balaban J connectivity index is 1.74. The summed E-state index contributed by atoms with van der Waals surface area (Å²) in [7, 11) is 1.66. The predicted octanol–water partition coefficient (Wildman–Crippen LogP) is 3.35. The summed E-state index contributed by atoms with van der Waals surface area (Å²) in [6.07, 6.45) is 2.95. The van der Waals surface area contributed by atoms with Crippen molar-refractivity contribution in [3.05, 3.63) is 47.7 Å². The van der Waals surface area contributed by atoms with Crippen LogP contribution in [0.3, 0.4) is 0 Å². The first kappa shape index (κ1) is 20.4. The summed E-state index contributed by atoms with van der Waals surface area (Å²) in [5.41, 5.74) is 1.42. The maximum absolute atomic E-state index is 12.8. The van der Waals surface area contributed by atoms with Gasteiger partial charge in [0.2, 0.25) is 0 Å². The van der Waals surface area contributed by atoms with Gasteiger partial charge in [-0.1, -0.05) is 26.0 Å². The first-order chi connectivity index (χ1) is 13.7. The summed E-state index contributed by atoms with van der Waals surface area (Å²) in [5, 5.41) is 3.03. The average Bonchev–Trinajstić information content (AvgIpc) is 3.42. The van der Waals surface area contributed by atoms with Crippen molar-refractivity contribution in [1.82, 2.24) is 15.2 Å². The largest absolute Gasteiger partial charge is 0.497 e. The van der Waals surface area contributed by atoms with E-state index in [-0.39, 0.29) is 18.1 Å². The molecule has 1 saturated heterocycles. The smallest absolute Gasteiger partial charge is 0.273 e. The Morgan fingerprint density at radius 1 is 1.39 bits per heavy atom. The lowest BCUT2D eigenvalue weighted by atomic mass is 10.0. The van der Waals surface area contributed by atoms with Gasteiger partial charge in [0, 0.05) is 13.2 Å². The predicted molar refractivity (Wildman–Crippen MR) is 105 cm³/mol. The first-order valence-electron chi connectivity index (χ1n) is 9.89. The molecule has 0 saturated carbocycles. The molecule has 2 atom stereocenters. The summed E-state index contributed by atoms with van der Waals surface area (Å²) >= 11 is 0. The van der Waals surface area contributed by atoms with E-state index in [1.54, 1.807) is 7.11 Å². The molecule has 0 spiro atoms. The van der Waals surface area contributed by atoms with Gasteiger partial charge in [-0.15, -0.1) is 0 Å². The molecule has 0 aliphatic carbocycles. The van der Waals surface area contributed by atoms with Gasteiger partial charge in [0.1, 0.15) is 11.9 Å². The number of aromatic nitrogens is 1. The zero-order valence-corrected chi connectivity index (χ0v) is 16.8. The second-order valence-corrected chi connectivity index (χ2v) is 6.79. The lowest BCUT2D eigenvalue weighted by Gasteiger charge is -2.30.